The first kappa shape index (κ1) is 16.8. The molecule has 0 fully saturated rings. The van der Waals surface area contributed by atoms with Crippen LogP contribution in [0.25, 0.3) is 16.8 Å². The maximum absolute atomic E-state index is 10.8. The lowest BCUT2D eigenvalue weighted by Crippen LogP contribution is -1.97. The van der Waals surface area contributed by atoms with Crippen LogP contribution in [0.4, 0.5) is 5.69 Å². The smallest absolute Gasteiger partial charge is 0.269 e. The summed E-state index contributed by atoms with van der Waals surface area (Å²) in [5.41, 5.74) is 2.78. The lowest BCUT2D eigenvalue weighted by atomic mass is 10.1. The molecule has 0 bridgehead atoms. The van der Waals surface area contributed by atoms with Crippen molar-refractivity contribution in [1.82, 2.24) is 4.57 Å². The second-order valence-corrected chi connectivity index (χ2v) is 6.30. The Hall–Kier alpha value is -2.01. The molecule has 24 heavy (non-hydrogen) atoms. The Morgan fingerprint density at radius 1 is 1.00 bits per heavy atom. The van der Waals surface area contributed by atoms with Crippen LogP contribution >= 0.6 is 34.8 Å². The Morgan fingerprint density at radius 3 is 2.21 bits per heavy atom. The van der Waals surface area contributed by atoms with Gasteiger partial charge in [0.2, 0.25) is 0 Å². The molecule has 4 nitrogen and oxygen atoms in total. The fourth-order valence-electron chi connectivity index (χ4n) is 2.54. The monoisotopic (exact) mass is 380 g/mol. The molecule has 0 unspecified atom stereocenters. The van der Waals surface area contributed by atoms with Crippen LogP contribution in [0.3, 0.4) is 0 Å². The number of nitro benzene ring substituents is 1. The van der Waals surface area contributed by atoms with E-state index in [1.54, 1.807) is 22.8 Å². The number of nitro groups is 1. The predicted octanol–water partition coefficient (Wildman–Crippen LogP) is 6.32. The quantitative estimate of drug-likeness (QED) is 0.393. The minimum Gasteiger partial charge on any atom is -0.301 e. The summed E-state index contributed by atoms with van der Waals surface area (Å²) in [4.78, 5) is 10.3. The van der Waals surface area contributed by atoms with Gasteiger partial charge in [0.1, 0.15) is 5.15 Å². The second-order valence-electron chi connectivity index (χ2n) is 5.16. The number of non-ortho nitro benzene ring substituents is 1. The number of hydrogen-bond donors (Lipinski definition) is 0. The lowest BCUT2D eigenvalue weighted by molar-refractivity contribution is -0.384. The van der Waals surface area contributed by atoms with Crippen LogP contribution in [0.15, 0.2) is 48.5 Å². The van der Waals surface area contributed by atoms with Crippen LogP contribution < -0.4 is 0 Å². The van der Waals surface area contributed by atoms with Crippen molar-refractivity contribution in [2.75, 3.05) is 0 Å². The summed E-state index contributed by atoms with van der Waals surface area (Å²) in [6.45, 7) is 1.84. The van der Waals surface area contributed by atoms with Gasteiger partial charge in [0.15, 0.2) is 0 Å². The van der Waals surface area contributed by atoms with Crippen LogP contribution in [-0.4, -0.2) is 9.49 Å². The molecule has 7 heteroatoms. The van der Waals surface area contributed by atoms with E-state index in [1.807, 2.05) is 25.1 Å². The van der Waals surface area contributed by atoms with Gasteiger partial charge in [0.25, 0.3) is 5.69 Å². The summed E-state index contributed by atoms with van der Waals surface area (Å²) in [6, 6.07) is 13.4. The van der Waals surface area contributed by atoms with Crippen molar-refractivity contribution in [3.63, 3.8) is 0 Å². The number of hydrogen-bond acceptors (Lipinski definition) is 2. The van der Waals surface area contributed by atoms with Gasteiger partial charge in [-0.2, -0.15) is 0 Å². The van der Waals surface area contributed by atoms with Gasteiger partial charge in [-0.3, -0.25) is 10.1 Å². The van der Waals surface area contributed by atoms with Crippen molar-refractivity contribution < 1.29 is 4.92 Å². The Balaban J connectivity index is 2.19. The highest BCUT2D eigenvalue weighted by molar-refractivity contribution is 6.40. The van der Waals surface area contributed by atoms with Gasteiger partial charge in [0.05, 0.1) is 20.7 Å². The summed E-state index contributed by atoms with van der Waals surface area (Å²) in [5.74, 6) is 0. The molecule has 3 aromatic rings. The van der Waals surface area contributed by atoms with Crippen LogP contribution in [-0.2, 0) is 0 Å². The Kier molecular flexibility index (Phi) is 4.54. The van der Waals surface area contributed by atoms with E-state index in [0.717, 1.165) is 11.4 Å². The minimum absolute atomic E-state index is 0.00764. The zero-order valence-corrected chi connectivity index (χ0v) is 14.7. The molecule has 0 saturated heterocycles. The number of halogens is 3. The molecule has 0 aliphatic carbocycles. The van der Waals surface area contributed by atoms with E-state index in [1.165, 1.54) is 12.1 Å². The SMILES string of the molecule is Cc1c(Cl)c(-c2ccc([N+](=O)[O-])cc2)c(Cl)n1-c1ccccc1Cl. The van der Waals surface area contributed by atoms with Gasteiger partial charge in [-0.05, 0) is 36.8 Å². The molecule has 0 atom stereocenters. The van der Waals surface area contributed by atoms with Crippen molar-refractivity contribution in [2.24, 2.45) is 0 Å². The summed E-state index contributed by atoms with van der Waals surface area (Å²) >= 11 is 19.3. The third-order valence-electron chi connectivity index (χ3n) is 3.74. The van der Waals surface area contributed by atoms with E-state index in [-0.39, 0.29) is 5.69 Å². The zero-order valence-electron chi connectivity index (χ0n) is 12.5. The summed E-state index contributed by atoms with van der Waals surface area (Å²) in [7, 11) is 0. The van der Waals surface area contributed by atoms with Crippen molar-refractivity contribution in [3.8, 4) is 16.8 Å². The number of benzene rings is 2. The van der Waals surface area contributed by atoms with Crippen molar-refractivity contribution in [1.29, 1.82) is 0 Å². The van der Waals surface area contributed by atoms with Crippen molar-refractivity contribution in [2.45, 2.75) is 6.92 Å². The Bertz CT molecular complexity index is 934. The van der Waals surface area contributed by atoms with Gasteiger partial charge in [-0.25, -0.2) is 0 Å². The third kappa shape index (κ3) is 2.77. The van der Waals surface area contributed by atoms with Gasteiger partial charge in [-0.15, -0.1) is 0 Å². The highest BCUT2D eigenvalue weighted by Gasteiger charge is 2.21. The molecule has 0 N–H and O–H groups in total. The average molecular weight is 382 g/mol. The van der Waals surface area contributed by atoms with Gasteiger partial charge in [0, 0.05) is 23.4 Å². The first-order chi connectivity index (χ1) is 11.4. The standard InChI is InChI=1S/C17H11Cl3N2O2/c1-10-16(19)15(11-6-8-12(9-7-11)22(23)24)17(20)21(10)14-5-3-2-4-13(14)18/h2-9H,1H3. The molecule has 3 rings (SSSR count). The van der Waals surface area contributed by atoms with Crippen LogP contribution in [0.1, 0.15) is 5.69 Å². The van der Waals surface area contributed by atoms with E-state index in [9.17, 15) is 10.1 Å². The topological polar surface area (TPSA) is 48.1 Å². The zero-order chi connectivity index (χ0) is 17.4. The fourth-order valence-corrected chi connectivity index (χ4v) is 3.52. The largest absolute Gasteiger partial charge is 0.301 e. The van der Waals surface area contributed by atoms with E-state index < -0.39 is 4.92 Å². The first-order valence-electron chi connectivity index (χ1n) is 6.98. The highest BCUT2D eigenvalue weighted by atomic mass is 35.5. The Morgan fingerprint density at radius 2 is 1.62 bits per heavy atom. The molecule has 0 aliphatic rings. The van der Waals surface area contributed by atoms with Gasteiger partial charge in [-0.1, -0.05) is 46.9 Å². The molecule has 0 aliphatic heterocycles. The minimum atomic E-state index is -0.451. The van der Waals surface area contributed by atoms with E-state index in [4.69, 9.17) is 34.8 Å². The van der Waals surface area contributed by atoms with Crippen LogP contribution in [0.2, 0.25) is 15.2 Å². The summed E-state index contributed by atoms with van der Waals surface area (Å²) in [5, 5.41) is 12.2. The molecule has 0 amide bonds. The number of para-hydroxylation sites is 1. The lowest BCUT2D eigenvalue weighted by Gasteiger charge is -2.10. The molecule has 1 aromatic heterocycles. The normalized spacial score (nSPS) is 10.8. The number of nitrogens with zero attached hydrogens (tertiary/aromatic N) is 2. The van der Waals surface area contributed by atoms with E-state index in [0.29, 0.717) is 26.3 Å². The maximum Gasteiger partial charge on any atom is 0.269 e. The molecule has 0 saturated carbocycles. The molecule has 0 radical (unpaired) electrons. The Labute approximate surface area is 153 Å². The number of rotatable bonds is 3. The average Bonchev–Trinajstić information content (AvgIpc) is 2.78. The van der Waals surface area contributed by atoms with Crippen molar-refractivity contribution in [3.05, 3.63) is 79.5 Å². The summed E-state index contributed by atoms with van der Waals surface area (Å²) in [6.07, 6.45) is 0. The second kappa shape index (κ2) is 6.48. The van der Waals surface area contributed by atoms with Gasteiger partial charge >= 0.3 is 0 Å². The molecular weight excluding hydrogens is 371 g/mol. The maximum atomic E-state index is 10.8. The van der Waals surface area contributed by atoms with Gasteiger partial charge < -0.3 is 4.57 Å². The fraction of sp³-hybridized carbons (Fsp3) is 0.0588. The third-order valence-corrected chi connectivity index (χ3v) is 4.88. The van der Waals surface area contributed by atoms with Crippen LogP contribution in [0.5, 0.6) is 0 Å². The highest BCUT2D eigenvalue weighted by Crippen LogP contribution is 2.42. The van der Waals surface area contributed by atoms with Crippen LogP contribution in [0, 0.1) is 17.0 Å². The molecule has 122 valence electrons. The first-order valence-corrected chi connectivity index (χ1v) is 8.11. The molecular formula is C17H11Cl3N2O2. The molecule has 1 heterocycles. The number of aromatic nitrogens is 1. The summed E-state index contributed by atoms with van der Waals surface area (Å²) < 4.78 is 1.77. The van der Waals surface area contributed by atoms with E-state index >= 15 is 0 Å². The predicted molar refractivity (Wildman–Crippen MR) is 97.6 cm³/mol. The van der Waals surface area contributed by atoms with Crippen molar-refractivity contribution >= 4 is 40.5 Å². The molecule has 0 spiro atoms. The molecule has 2 aromatic carbocycles. The van der Waals surface area contributed by atoms with E-state index in [2.05, 4.69) is 0 Å².